The maximum absolute atomic E-state index is 14.1. The predicted molar refractivity (Wildman–Crippen MR) is 107 cm³/mol. The van der Waals surface area contributed by atoms with Crippen LogP contribution in [0.25, 0.3) is 17.3 Å². The number of aryl methyl sites for hydroxylation is 1. The minimum absolute atomic E-state index is 0.128. The standard InChI is InChI=1S/C21H14FN5OS/c1-12-4-5-16(8-18(12)22)27-20(28)19(29-21(27)15(9-23)10-24)7-14-6-17(11-25)26(3)13(14)2/h4-8H,1-3H3/b19-7+. The molecule has 0 bridgehead atoms. The molecule has 0 spiro atoms. The molecule has 8 heteroatoms. The third-order valence-electron chi connectivity index (χ3n) is 4.65. The normalized spacial score (nSPS) is 11.0. The van der Waals surface area contributed by atoms with Crippen LogP contribution in [0, 0.1) is 53.7 Å². The van der Waals surface area contributed by atoms with E-state index in [9.17, 15) is 25.0 Å². The number of nitriles is 3. The van der Waals surface area contributed by atoms with Gasteiger partial charge in [0.1, 0.15) is 34.4 Å². The number of hydrogen-bond acceptors (Lipinski definition) is 5. The van der Waals surface area contributed by atoms with Crippen molar-refractivity contribution in [3.05, 3.63) is 72.1 Å². The maximum Gasteiger partial charge on any atom is 0.273 e. The molecular formula is C21H14FN5OS. The van der Waals surface area contributed by atoms with Crippen molar-refractivity contribution in [3.63, 3.8) is 0 Å². The smallest absolute Gasteiger partial charge is 0.273 e. The summed E-state index contributed by atoms with van der Waals surface area (Å²) in [5.74, 6) is -0.495. The van der Waals surface area contributed by atoms with E-state index in [-0.39, 0.29) is 20.5 Å². The second-order valence-corrected chi connectivity index (χ2v) is 7.36. The zero-order valence-corrected chi connectivity index (χ0v) is 16.6. The van der Waals surface area contributed by atoms with Crippen LogP contribution in [-0.4, -0.2) is 9.13 Å². The van der Waals surface area contributed by atoms with Gasteiger partial charge >= 0.3 is 0 Å². The van der Waals surface area contributed by atoms with Gasteiger partial charge in [0.25, 0.3) is 5.56 Å². The van der Waals surface area contributed by atoms with Crippen LogP contribution < -0.4 is 14.8 Å². The van der Waals surface area contributed by atoms with Crippen molar-refractivity contribution in [1.82, 2.24) is 9.13 Å². The zero-order valence-electron chi connectivity index (χ0n) is 15.8. The lowest BCUT2D eigenvalue weighted by molar-refractivity contribution is 0.617. The lowest BCUT2D eigenvalue weighted by atomic mass is 10.2. The van der Waals surface area contributed by atoms with Crippen molar-refractivity contribution in [1.29, 1.82) is 15.8 Å². The van der Waals surface area contributed by atoms with Gasteiger partial charge in [0.15, 0.2) is 5.57 Å². The first-order valence-electron chi connectivity index (χ1n) is 8.43. The van der Waals surface area contributed by atoms with Crippen LogP contribution in [0.5, 0.6) is 0 Å². The lowest BCUT2D eigenvalue weighted by Gasteiger charge is -2.04. The number of hydrogen-bond donors (Lipinski definition) is 0. The molecule has 0 saturated carbocycles. The van der Waals surface area contributed by atoms with Gasteiger partial charge < -0.3 is 4.57 Å². The molecule has 3 rings (SSSR count). The van der Waals surface area contributed by atoms with Gasteiger partial charge in [0, 0.05) is 12.7 Å². The third kappa shape index (κ3) is 3.36. The minimum Gasteiger partial charge on any atom is -0.339 e. The van der Waals surface area contributed by atoms with Crippen molar-refractivity contribution < 1.29 is 4.39 Å². The van der Waals surface area contributed by atoms with E-state index in [1.165, 1.54) is 16.7 Å². The van der Waals surface area contributed by atoms with Gasteiger partial charge in [0.2, 0.25) is 0 Å². The molecule has 2 heterocycles. The first-order chi connectivity index (χ1) is 13.8. The number of aromatic nitrogens is 2. The predicted octanol–water partition coefficient (Wildman–Crippen LogP) is 1.89. The SMILES string of the molecule is Cc1ccc(-n2c(=C(C#N)C#N)s/c(=C/c3cc(C#N)n(C)c3C)c2=O)cc1F. The Kier molecular flexibility index (Phi) is 5.19. The summed E-state index contributed by atoms with van der Waals surface area (Å²) in [4.78, 5) is 13.1. The molecule has 2 aromatic heterocycles. The maximum atomic E-state index is 14.1. The number of nitrogens with zero attached hydrogens (tertiary/aromatic N) is 5. The fourth-order valence-corrected chi connectivity index (χ4v) is 3.89. The van der Waals surface area contributed by atoms with E-state index in [0.717, 1.165) is 17.0 Å². The Morgan fingerprint density at radius 2 is 1.86 bits per heavy atom. The molecule has 0 N–H and O–H groups in total. The molecule has 0 radical (unpaired) electrons. The van der Waals surface area contributed by atoms with Crippen LogP contribution in [0.4, 0.5) is 4.39 Å². The number of rotatable bonds is 2. The second-order valence-electron chi connectivity index (χ2n) is 6.33. The monoisotopic (exact) mass is 403 g/mol. The molecular weight excluding hydrogens is 389 g/mol. The van der Waals surface area contributed by atoms with E-state index < -0.39 is 11.4 Å². The van der Waals surface area contributed by atoms with Gasteiger partial charge in [-0.3, -0.25) is 9.36 Å². The van der Waals surface area contributed by atoms with Crippen molar-refractivity contribution in [2.45, 2.75) is 13.8 Å². The van der Waals surface area contributed by atoms with E-state index in [2.05, 4.69) is 6.07 Å². The van der Waals surface area contributed by atoms with Crippen LogP contribution in [0.3, 0.4) is 0 Å². The van der Waals surface area contributed by atoms with Crippen molar-refractivity contribution in [2.24, 2.45) is 7.05 Å². The zero-order chi connectivity index (χ0) is 21.3. The van der Waals surface area contributed by atoms with Crippen LogP contribution in [-0.2, 0) is 7.05 Å². The van der Waals surface area contributed by atoms with Gasteiger partial charge in [-0.05, 0) is 49.2 Å². The Morgan fingerprint density at radius 1 is 1.17 bits per heavy atom. The fraction of sp³-hybridized carbons (Fsp3) is 0.143. The molecule has 6 nitrogen and oxygen atoms in total. The molecule has 0 atom stereocenters. The van der Waals surface area contributed by atoms with Crippen molar-refractivity contribution in [3.8, 4) is 23.9 Å². The van der Waals surface area contributed by atoms with E-state index >= 15 is 0 Å². The lowest BCUT2D eigenvalue weighted by Crippen LogP contribution is -2.30. The minimum atomic E-state index is -0.495. The largest absolute Gasteiger partial charge is 0.339 e. The molecule has 29 heavy (non-hydrogen) atoms. The summed E-state index contributed by atoms with van der Waals surface area (Å²) in [6, 6.07) is 11.6. The summed E-state index contributed by atoms with van der Waals surface area (Å²) in [6.07, 6.45) is 1.61. The first-order valence-corrected chi connectivity index (χ1v) is 9.25. The summed E-state index contributed by atoms with van der Waals surface area (Å²) in [6.45, 7) is 3.42. The molecule has 0 aliphatic carbocycles. The number of benzene rings is 1. The number of halogens is 1. The third-order valence-corrected chi connectivity index (χ3v) is 5.74. The van der Waals surface area contributed by atoms with Crippen molar-refractivity contribution >= 4 is 23.0 Å². The summed E-state index contributed by atoms with van der Waals surface area (Å²) >= 11 is 0.973. The van der Waals surface area contributed by atoms with Gasteiger partial charge in [-0.1, -0.05) is 6.07 Å². The summed E-state index contributed by atoms with van der Waals surface area (Å²) in [5.41, 5.74) is 1.83. The van der Waals surface area contributed by atoms with E-state index in [1.54, 1.807) is 48.9 Å². The summed E-state index contributed by atoms with van der Waals surface area (Å²) < 4.78 is 17.4. The highest BCUT2D eigenvalue weighted by Gasteiger charge is 2.14. The van der Waals surface area contributed by atoms with E-state index in [4.69, 9.17) is 0 Å². The Labute approximate surface area is 169 Å². The molecule has 0 aliphatic heterocycles. The molecule has 1 aromatic carbocycles. The summed E-state index contributed by atoms with van der Waals surface area (Å²) in [5, 5.41) is 27.8. The topological polar surface area (TPSA) is 98.3 Å². The highest BCUT2D eigenvalue weighted by Crippen LogP contribution is 2.14. The van der Waals surface area contributed by atoms with Crippen LogP contribution >= 0.6 is 11.3 Å². The quantitative estimate of drug-likeness (QED) is 0.652. The average molecular weight is 403 g/mol. The first kappa shape index (κ1) is 19.8. The molecule has 0 saturated heterocycles. The van der Waals surface area contributed by atoms with Crippen LogP contribution in [0.1, 0.15) is 22.5 Å². The molecule has 0 unspecified atom stereocenters. The van der Waals surface area contributed by atoms with Gasteiger partial charge in [-0.25, -0.2) is 4.39 Å². The summed E-state index contributed by atoms with van der Waals surface area (Å²) in [7, 11) is 1.75. The molecule has 0 amide bonds. The van der Waals surface area contributed by atoms with Crippen LogP contribution in [0.15, 0.2) is 29.1 Å². The fourth-order valence-electron chi connectivity index (χ4n) is 2.84. The second kappa shape index (κ2) is 7.59. The Bertz CT molecular complexity index is 1440. The highest BCUT2D eigenvalue weighted by atomic mass is 32.1. The highest BCUT2D eigenvalue weighted by molar-refractivity contribution is 7.07. The molecule has 3 aromatic rings. The van der Waals surface area contributed by atoms with Gasteiger partial charge in [0.05, 0.1) is 10.2 Å². The van der Waals surface area contributed by atoms with Gasteiger partial charge in [-0.15, -0.1) is 11.3 Å². The Morgan fingerprint density at radius 3 is 2.41 bits per heavy atom. The number of thiazole rings is 1. The Hall–Kier alpha value is -3.93. The Balaban J connectivity index is 2.42. The van der Waals surface area contributed by atoms with Crippen molar-refractivity contribution in [2.75, 3.05) is 0 Å². The van der Waals surface area contributed by atoms with Gasteiger partial charge in [-0.2, -0.15) is 15.8 Å². The van der Waals surface area contributed by atoms with E-state index in [1.807, 2.05) is 6.92 Å². The van der Waals surface area contributed by atoms with Crippen LogP contribution in [0.2, 0.25) is 0 Å². The molecule has 0 aliphatic rings. The van der Waals surface area contributed by atoms with E-state index in [0.29, 0.717) is 16.8 Å². The molecule has 142 valence electrons. The molecule has 0 fully saturated rings. The average Bonchev–Trinajstić information content (AvgIpc) is 3.16.